The number of benzene rings is 1. The number of ether oxygens (including phenoxy) is 1. The molecule has 20 heavy (non-hydrogen) atoms. The lowest BCUT2D eigenvalue weighted by Gasteiger charge is -2.23. The summed E-state index contributed by atoms with van der Waals surface area (Å²) in [5, 5.41) is 3.36. The second-order valence-electron chi connectivity index (χ2n) is 6.22. The molecule has 0 bridgehead atoms. The molecule has 1 aromatic rings. The van der Waals surface area contributed by atoms with Crippen molar-refractivity contribution in [3.8, 4) is 0 Å². The zero-order valence-corrected chi connectivity index (χ0v) is 13.2. The van der Waals surface area contributed by atoms with Gasteiger partial charge in [0.1, 0.15) is 5.82 Å². The largest absolute Gasteiger partial charge is 0.376 e. The van der Waals surface area contributed by atoms with Crippen LogP contribution in [0.5, 0.6) is 0 Å². The second-order valence-corrected chi connectivity index (χ2v) is 6.22. The van der Waals surface area contributed by atoms with Gasteiger partial charge in [0.25, 0.3) is 0 Å². The molecular formula is C17H28FNO. The molecule has 0 radical (unpaired) electrons. The van der Waals surface area contributed by atoms with Gasteiger partial charge < -0.3 is 10.1 Å². The summed E-state index contributed by atoms with van der Waals surface area (Å²) < 4.78 is 19.5. The van der Waals surface area contributed by atoms with E-state index in [-0.39, 0.29) is 11.4 Å². The molecule has 0 saturated heterocycles. The maximum Gasteiger partial charge on any atom is 0.126 e. The number of rotatable bonds is 8. The molecule has 1 N–H and O–H groups in total. The van der Waals surface area contributed by atoms with E-state index in [2.05, 4.69) is 33.0 Å². The number of halogens is 1. The normalized spacial score (nSPS) is 13.4. The first-order chi connectivity index (χ1) is 9.42. The van der Waals surface area contributed by atoms with Crippen LogP contribution in [0.25, 0.3) is 0 Å². The molecule has 1 unspecified atom stereocenters. The van der Waals surface area contributed by atoms with E-state index in [0.29, 0.717) is 12.5 Å². The predicted molar refractivity (Wildman–Crippen MR) is 82.5 cm³/mol. The number of nitrogens with one attached hydrogen (secondary N) is 1. The van der Waals surface area contributed by atoms with Gasteiger partial charge in [0.05, 0.1) is 5.60 Å². The van der Waals surface area contributed by atoms with Crippen LogP contribution < -0.4 is 5.32 Å². The summed E-state index contributed by atoms with van der Waals surface area (Å²) in [6, 6.07) is 7.04. The quantitative estimate of drug-likeness (QED) is 0.782. The van der Waals surface area contributed by atoms with Crippen LogP contribution in [-0.2, 0) is 11.2 Å². The van der Waals surface area contributed by atoms with E-state index in [1.807, 2.05) is 12.1 Å². The van der Waals surface area contributed by atoms with Gasteiger partial charge in [0.15, 0.2) is 0 Å². The van der Waals surface area contributed by atoms with Gasteiger partial charge in [-0.05, 0) is 64.3 Å². The van der Waals surface area contributed by atoms with E-state index in [1.165, 1.54) is 6.07 Å². The molecule has 0 fully saturated rings. The Balaban J connectivity index is 2.53. The van der Waals surface area contributed by atoms with Crippen molar-refractivity contribution in [2.45, 2.75) is 46.1 Å². The standard InChI is InChI=1S/C17H28FNO/c1-5-19-13-14(10-11-20-17(2,3)4)12-15-8-6-7-9-16(15)18/h6-9,14,19H,5,10-13H2,1-4H3. The highest BCUT2D eigenvalue weighted by Crippen LogP contribution is 2.17. The van der Waals surface area contributed by atoms with E-state index in [4.69, 9.17) is 4.74 Å². The zero-order chi connectivity index (χ0) is 15.0. The summed E-state index contributed by atoms with van der Waals surface area (Å²) in [6.45, 7) is 10.8. The summed E-state index contributed by atoms with van der Waals surface area (Å²) in [4.78, 5) is 0. The van der Waals surface area contributed by atoms with Crippen molar-refractivity contribution in [2.75, 3.05) is 19.7 Å². The van der Waals surface area contributed by atoms with E-state index in [1.54, 1.807) is 6.07 Å². The number of hydrogen-bond acceptors (Lipinski definition) is 2. The third-order valence-electron chi connectivity index (χ3n) is 3.21. The van der Waals surface area contributed by atoms with Crippen LogP contribution in [0.1, 0.15) is 39.7 Å². The summed E-state index contributed by atoms with van der Waals surface area (Å²) in [5.41, 5.74) is 0.687. The molecule has 1 aromatic carbocycles. The lowest BCUT2D eigenvalue weighted by molar-refractivity contribution is -0.00921. The highest BCUT2D eigenvalue weighted by molar-refractivity contribution is 5.17. The molecule has 0 aliphatic heterocycles. The summed E-state index contributed by atoms with van der Waals surface area (Å²) in [5.74, 6) is 0.292. The molecule has 0 amide bonds. The fourth-order valence-electron chi connectivity index (χ4n) is 2.13. The van der Waals surface area contributed by atoms with E-state index in [0.717, 1.165) is 31.5 Å². The molecule has 1 atom stereocenters. The van der Waals surface area contributed by atoms with Crippen molar-refractivity contribution < 1.29 is 9.13 Å². The van der Waals surface area contributed by atoms with Gasteiger partial charge in [-0.1, -0.05) is 25.1 Å². The van der Waals surface area contributed by atoms with Crippen molar-refractivity contribution in [3.63, 3.8) is 0 Å². The highest BCUT2D eigenvalue weighted by Gasteiger charge is 2.15. The van der Waals surface area contributed by atoms with Crippen LogP contribution in [0, 0.1) is 11.7 Å². The summed E-state index contributed by atoms with van der Waals surface area (Å²) in [6.07, 6.45) is 1.70. The Morgan fingerprint density at radius 2 is 1.95 bits per heavy atom. The van der Waals surface area contributed by atoms with E-state index in [9.17, 15) is 4.39 Å². The average Bonchev–Trinajstić information content (AvgIpc) is 2.36. The topological polar surface area (TPSA) is 21.3 Å². The predicted octanol–water partition coefficient (Wildman–Crippen LogP) is 3.80. The molecule has 0 aliphatic carbocycles. The van der Waals surface area contributed by atoms with Crippen LogP contribution in [0.4, 0.5) is 4.39 Å². The van der Waals surface area contributed by atoms with Gasteiger partial charge in [-0.3, -0.25) is 0 Å². The van der Waals surface area contributed by atoms with E-state index >= 15 is 0 Å². The van der Waals surface area contributed by atoms with Crippen LogP contribution in [0.15, 0.2) is 24.3 Å². The monoisotopic (exact) mass is 281 g/mol. The second kappa shape index (κ2) is 8.38. The zero-order valence-electron chi connectivity index (χ0n) is 13.2. The van der Waals surface area contributed by atoms with Crippen LogP contribution in [0.3, 0.4) is 0 Å². The highest BCUT2D eigenvalue weighted by atomic mass is 19.1. The van der Waals surface area contributed by atoms with Crippen LogP contribution in [-0.4, -0.2) is 25.3 Å². The Hall–Kier alpha value is -0.930. The first-order valence-electron chi connectivity index (χ1n) is 7.50. The lowest BCUT2D eigenvalue weighted by Crippen LogP contribution is -2.27. The van der Waals surface area contributed by atoms with Crippen molar-refractivity contribution >= 4 is 0 Å². The van der Waals surface area contributed by atoms with Crippen molar-refractivity contribution in [2.24, 2.45) is 5.92 Å². The van der Waals surface area contributed by atoms with Crippen LogP contribution >= 0.6 is 0 Å². The lowest BCUT2D eigenvalue weighted by atomic mass is 9.96. The van der Waals surface area contributed by atoms with E-state index < -0.39 is 0 Å². The van der Waals surface area contributed by atoms with Gasteiger partial charge >= 0.3 is 0 Å². The Morgan fingerprint density at radius 1 is 1.25 bits per heavy atom. The average molecular weight is 281 g/mol. The van der Waals surface area contributed by atoms with Crippen molar-refractivity contribution in [3.05, 3.63) is 35.6 Å². The molecule has 0 spiro atoms. The van der Waals surface area contributed by atoms with Crippen molar-refractivity contribution in [1.29, 1.82) is 0 Å². The maximum atomic E-state index is 13.7. The first kappa shape index (κ1) is 17.1. The Kier molecular flexibility index (Phi) is 7.17. The minimum absolute atomic E-state index is 0.106. The third kappa shape index (κ3) is 7.01. The first-order valence-corrected chi connectivity index (χ1v) is 7.50. The molecule has 0 aromatic heterocycles. The molecular weight excluding hydrogens is 253 g/mol. The molecule has 114 valence electrons. The Labute approximate surface area is 122 Å². The maximum absolute atomic E-state index is 13.7. The Bertz CT molecular complexity index is 387. The fraction of sp³-hybridized carbons (Fsp3) is 0.647. The number of hydrogen-bond donors (Lipinski definition) is 1. The van der Waals surface area contributed by atoms with Gasteiger partial charge in [-0.25, -0.2) is 4.39 Å². The van der Waals surface area contributed by atoms with Crippen molar-refractivity contribution in [1.82, 2.24) is 5.32 Å². The fourth-order valence-corrected chi connectivity index (χ4v) is 2.13. The molecule has 2 nitrogen and oxygen atoms in total. The Morgan fingerprint density at radius 3 is 2.55 bits per heavy atom. The molecule has 1 rings (SSSR count). The van der Waals surface area contributed by atoms with Gasteiger partial charge in [0, 0.05) is 6.61 Å². The van der Waals surface area contributed by atoms with Crippen LogP contribution in [0.2, 0.25) is 0 Å². The minimum atomic E-state index is -0.110. The minimum Gasteiger partial charge on any atom is -0.376 e. The SMILES string of the molecule is CCNCC(CCOC(C)(C)C)Cc1ccccc1F. The van der Waals surface area contributed by atoms with Gasteiger partial charge in [-0.15, -0.1) is 0 Å². The smallest absolute Gasteiger partial charge is 0.126 e. The molecule has 0 saturated carbocycles. The third-order valence-corrected chi connectivity index (χ3v) is 3.21. The van der Waals surface area contributed by atoms with Gasteiger partial charge in [-0.2, -0.15) is 0 Å². The van der Waals surface area contributed by atoms with Gasteiger partial charge in [0.2, 0.25) is 0 Å². The summed E-state index contributed by atoms with van der Waals surface area (Å²) in [7, 11) is 0. The molecule has 3 heteroatoms. The summed E-state index contributed by atoms with van der Waals surface area (Å²) >= 11 is 0. The molecule has 0 aliphatic rings. The molecule has 0 heterocycles.